The van der Waals surface area contributed by atoms with Gasteiger partial charge in [-0.15, -0.1) is 0 Å². The molecule has 1 aromatic carbocycles. The van der Waals surface area contributed by atoms with E-state index in [1.54, 1.807) is 24.3 Å². The number of nitrogens with one attached hydrogen (secondary N) is 1. The molecular formula is C13H14N4O4S. The van der Waals surface area contributed by atoms with E-state index in [0.29, 0.717) is 11.4 Å². The molecule has 22 heavy (non-hydrogen) atoms. The van der Waals surface area contributed by atoms with Crippen LogP contribution < -0.4 is 13.9 Å². The van der Waals surface area contributed by atoms with Crippen LogP contribution in [0.2, 0.25) is 0 Å². The van der Waals surface area contributed by atoms with Crippen molar-refractivity contribution in [2.75, 3.05) is 28.7 Å². The van der Waals surface area contributed by atoms with E-state index in [1.165, 1.54) is 27.9 Å². The van der Waals surface area contributed by atoms with Crippen molar-refractivity contribution in [1.29, 1.82) is 0 Å². The summed E-state index contributed by atoms with van der Waals surface area (Å²) in [6, 6.07) is 8.45. The lowest BCUT2D eigenvalue weighted by molar-refractivity contribution is 0.0918. The molecule has 8 nitrogen and oxygen atoms in total. The lowest BCUT2D eigenvalue weighted by Gasteiger charge is -2.19. The second-order valence-electron chi connectivity index (χ2n) is 4.67. The van der Waals surface area contributed by atoms with Gasteiger partial charge in [-0.05, 0) is 12.1 Å². The lowest BCUT2D eigenvalue weighted by Crippen LogP contribution is -2.40. The van der Waals surface area contributed by atoms with Gasteiger partial charge in [0.05, 0.1) is 24.1 Å². The van der Waals surface area contributed by atoms with Crippen LogP contribution >= 0.6 is 0 Å². The van der Waals surface area contributed by atoms with Gasteiger partial charge in [-0.1, -0.05) is 17.3 Å². The van der Waals surface area contributed by atoms with Gasteiger partial charge in [0.15, 0.2) is 0 Å². The summed E-state index contributed by atoms with van der Waals surface area (Å²) >= 11 is 0. The fraction of sp³-hybridized carbons (Fsp3) is 0.231. The van der Waals surface area contributed by atoms with E-state index in [2.05, 4.69) is 10.5 Å². The molecule has 0 atom stereocenters. The highest BCUT2D eigenvalue weighted by Crippen LogP contribution is 2.38. The first-order valence-corrected chi connectivity index (χ1v) is 7.96. The predicted octanol–water partition coefficient (Wildman–Crippen LogP) is 0.606. The van der Waals surface area contributed by atoms with Gasteiger partial charge in [0.2, 0.25) is 5.76 Å². The molecule has 9 heteroatoms. The Hall–Kier alpha value is -2.55. The van der Waals surface area contributed by atoms with E-state index in [1.807, 2.05) is 0 Å². The molecule has 1 amide bonds. The second kappa shape index (κ2) is 5.34. The molecule has 1 N–H and O–H groups in total. The number of benzene rings is 1. The van der Waals surface area contributed by atoms with Gasteiger partial charge in [0, 0.05) is 19.7 Å². The molecule has 1 aromatic heterocycles. The minimum Gasteiger partial charge on any atom is -0.351 e. The molecule has 0 spiro atoms. The molecule has 0 aliphatic carbocycles. The Morgan fingerprint density at radius 2 is 2.00 bits per heavy atom. The molecule has 2 heterocycles. The fourth-order valence-electron chi connectivity index (χ4n) is 2.26. The molecule has 3 rings (SSSR count). The molecule has 0 unspecified atom stereocenters. The number of carbonyl (C=O) groups is 1. The maximum atomic E-state index is 12.4. The number of fused-ring (bicyclic) bond motifs is 1. The van der Waals surface area contributed by atoms with Crippen molar-refractivity contribution in [3.63, 3.8) is 0 Å². The van der Waals surface area contributed by atoms with E-state index >= 15 is 0 Å². The largest absolute Gasteiger partial charge is 0.351 e. The molecule has 0 fully saturated rings. The average molecular weight is 322 g/mol. The van der Waals surface area contributed by atoms with Crippen molar-refractivity contribution in [2.45, 2.75) is 0 Å². The maximum absolute atomic E-state index is 12.4. The monoisotopic (exact) mass is 322 g/mol. The van der Waals surface area contributed by atoms with Gasteiger partial charge in [-0.3, -0.25) is 9.10 Å². The van der Waals surface area contributed by atoms with Crippen LogP contribution in [-0.2, 0) is 10.2 Å². The zero-order valence-corrected chi connectivity index (χ0v) is 12.6. The molecule has 0 saturated carbocycles. The SMILES string of the molecule is CN1c2ccccc2N(CCNC(=O)c2ccno2)S1(=O)=O. The summed E-state index contributed by atoms with van der Waals surface area (Å²) < 4.78 is 31.9. The van der Waals surface area contributed by atoms with Gasteiger partial charge in [-0.25, -0.2) is 4.31 Å². The third kappa shape index (κ3) is 2.29. The molecule has 0 radical (unpaired) electrons. The highest BCUT2D eigenvalue weighted by Gasteiger charge is 2.37. The predicted molar refractivity (Wildman–Crippen MR) is 79.9 cm³/mol. The number of nitrogens with zero attached hydrogens (tertiary/aromatic N) is 3. The van der Waals surface area contributed by atoms with Crippen molar-refractivity contribution in [3.05, 3.63) is 42.3 Å². The third-order valence-corrected chi connectivity index (χ3v) is 5.20. The minimum absolute atomic E-state index is 0.0850. The Bertz CT molecular complexity index is 788. The van der Waals surface area contributed by atoms with E-state index in [-0.39, 0.29) is 18.8 Å². The van der Waals surface area contributed by atoms with Crippen molar-refractivity contribution in [1.82, 2.24) is 10.5 Å². The Labute approximate surface area is 127 Å². The normalized spacial score (nSPS) is 15.7. The Morgan fingerprint density at radius 1 is 1.27 bits per heavy atom. The van der Waals surface area contributed by atoms with Gasteiger partial charge < -0.3 is 9.84 Å². The smallest absolute Gasteiger partial charge is 0.326 e. The molecule has 1 aliphatic heterocycles. The quantitative estimate of drug-likeness (QED) is 0.889. The first kappa shape index (κ1) is 14.4. The van der Waals surface area contributed by atoms with Crippen LogP contribution in [0.5, 0.6) is 0 Å². The number of anilines is 2. The summed E-state index contributed by atoms with van der Waals surface area (Å²) in [5.74, 6) is -0.350. The summed E-state index contributed by atoms with van der Waals surface area (Å²) in [5.41, 5.74) is 1.21. The molecular weight excluding hydrogens is 308 g/mol. The van der Waals surface area contributed by atoms with E-state index in [9.17, 15) is 13.2 Å². The van der Waals surface area contributed by atoms with Gasteiger partial charge in [-0.2, -0.15) is 8.42 Å². The standard InChI is InChI=1S/C13H14N4O4S/c1-16-10-4-2-3-5-11(10)17(22(16,19)20)9-8-14-13(18)12-6-7-15-21-12/h2-7H,8-9H2,1H3,(H,14,18). The van der Waals surface area contributed by atoms with Crippen molar-refractivity contribution in [2.24, 2.45) is 0 Å². The number of amides is 1. The highest BCUT2D eigenvalue weighted by atomic mass is 32.2. The number of para-hydroxylation sites is 2. The third-order valence-electron chi connectivity index (χ3n) is 3.38. The van der Waals surface area contributed by atoms with E-state index < -0.39 is 16.1 Å². The van der Waals surface area contributed by atoms with Crippen LogP contribution in [0.3, 0.4) is 0 Å². The first-order chi connectivity index (χ1) is 10.5. The van der Waals surface area contributed by atoms with E-state index in [0.717, 1.165) is 0 Å². The number of hydrogen-bond donors (Lipinski definition) is 1. The topological polar surface area (TPSA) is 95.8 Å². The number of aromatic nitrogens is 1. The Morgan fingerprint density at radius 3 is 2.68 bits per heavy atom. The summed E-state index contributed by atoms with van der Waals surface area (Å²) in [7, 11) is -2.10. The van der Waals surface area contributed by atoms with Gasteiger partial charge in [0.1, 0.15) is 0 Å². The number of rotatable bonds is 4. The summed E-state index contributed by atoms with van der Waals surface area (Å²) in [6.07, 6.45) is 1.37. The molecule has 0 saturated heterocycles. The first-order valence-electron chi connectivity index (χ1n) is 6.56. The van der Waals surface area contributed by atoms with Crippen molar-refractivity contribution < 1.29 is 17.7 Å². The summed E-state index contributed by atoms with van der Waals surface area (Å²) in [4.78, 5) is 11.7. The number of carbonyl (C=O) groups excluding carboxylic acids is 1. The maximum Gasteiger partial charge on any atom is 0.326 e. The zero-order valence-electron chi connectivity index (χ0n) is 11.8. The minimum atomic E-state index is -3.60. The van der Waals surface area contributed by atoms with Crippen LogP contribution in [0.4, 0.5) is 11.4 Å². The molecule has 0 bridgehead atoms. The van der Waals surface area contributed by atoms with Gasteiger partial charge >= 0.3 is 10.2 Å². The van der Waals surface area contributed by atoms with Crippen molar-refractivity contribution >= 4 is 27.5 Å². The Kier molecular flexibility index (Phi) is 3.49. The van der Waals surface area contributed by atoms with Crippen LogP contribution in [0.15, 0.2) is 41.1 Å². The lowest BCUT2D eigenvalue weighted by atomic mass is 10.2. The number of hydrogen-bond acceptors (Lipinski definition) is 5. The van der Waals surface area contributed by atoms with Crippen LogP contribution in [0, 0.1) is 0 Å². The Balaban J connectivity index is 1.71. The fourth-order valence-corrected chi connectivity index (χ4v) is 3.69. The highest BCUT2D eigenvalue weighted by molar-refractivity contribution is 7.94. The van der Waals surface area contributed by atoms with Crippen LogP contribution in [0.1, 0.15) is 10.6 Å². The van der Waals surface area contributed by atoms with Gasteiger partial charge in [0.25, 0.3) is 5.91 Å². The molecule has 2 aromatic rings. The summed E-state index contributed by atoms with van der Waals surface area (Å²) in [6.45, 7) is 0.282. The average Bonchev–Trinajstić information content (AvgIpc) is 3.10. The molecule has 1 aliphatic rings. The second-order valence-corrected chi connectivity index (χ2v) is 6.55. The molecule has 116 valence electrons. The zero-order chi connectivity index (χ0) is 15.7. The summed E-state index contributed by atoms with van der Waals surface area (Å²) in [5, 5.41) is 6.04. The van der Waals surface area contributed by atoms with Crippen LogP contribution in [0.25, 0.3) is 0 Å². The van der Waals surface area contributed by atoms with E-state index in [4.69, 9.17) is 4.52 Å². The van der Waals surface area contributed by atoms with Crippen LogP contribution in [-0.4, -0.2) is 39.6 Å². The van der Waals surface area contributed by atoms with Crippen molar-refractivity contribution in [3.8, 4) is 0 Å².